The molecule has 0 aliphatic carbocycles. The molecule has 0 bridgehead atoms. The second-order valence-corrected chi connectivity index (χ2v) is 4.04. The van der Waals surface area contributed by atoms with Gasteiger partial charge in [-0.1, -0.05) is 0 Å². The monoisotopic (exact) mass is 498 g/mol. The highest BCUT2D eigenvalue weighted by Crippen LogP contribution is 0.864. The lowest BCUT2D eigenvalue weighted by Crippen LogP contribution is -4.05. The van der Waals surface area contributed by atoms with Crippen LogP contribution in [0.3, 0.4) is 0 Å². The summed E-state index contributed by atoms with van der Waals surface area (Å²) < 4.78 is 51.4. The van der Waals surface area contributed by atoms with Gasteiger partial charge in [-0.25, -0.2) is 0 Å². The Labute approximate surface area is 119 Å². The summed E-state index contributed by atoms with van der Waals surface area (Å²) in [5.74, 6) is 0. The summed E-state index contributed by atoms with van der Waals surface area (Å²) in [6, 6.07) is 0. The Balaban J connectivity index is -0.0000000184. The lowest BCUT2D eigenvalue weighted by molar-refractivity contribution is -1.73. The van der Waals surface area contributed by atoms with Crippen LogP contribution in [0, 0.1) is 0 Å². The molecule has 102 valence electrons. The summed E-state index contributed by atoms with van der Waals surface area (Å²) in [6.45, 7) is 0. The van der Waals surface area contributed by atoms with Crippen LogP contribution in [0.15, 0.2) is 0 Å². The zero-order valence-corrected chi connectivity index (χ0v) is 14.3. The van der Waals surface area contributed by atoms with E-state index >= 15 is 0 Å². The van der Waals surface area contributed by atoms with Crippen molar-refractivity contribution < 1.29 is 92.5 Å². The average Bonchev–Trinajstić information content (AvgIpc) is 1.54. The first-order chi connectivity index (χ1) is 5.20. The van der Waals surface area contributed by atoms with Crippen molar-refractivity contribution in [3.05, 3.63) is 0 Å². The van der Waals surface area contributed by atoms with Gasteiger partial charge in [0.2, 0.25) is 0 Å². The predicted octanol–water partition coefficient (Wildman–Crippen LogP) is -20.0. The molecular weight excluding hydrogens is 485 g/mol. The molecule has 0 amide bonds. The minimum atomic E-state index is -4.01. The van der Waals surface area contributed by atoms with Crippen molar-refractivity contribution >= 4 is 0 Å². The Morgan fingerprint density at radius 1 is 0.667 bits per heavy atom. The number of hydrogen-bond acceptors (Lipinski definition) is 6. The molecule has 0 unspecified atom stereocenters. The molecular formula is C3H14Cl2I2N2O6-2. The van der Waals surface area contributed by atoms with Gasteiger partial charge in [-0.3, -0.25) is 0 Å². The Hall–Kier alpha value is 1.72. The molecule has 0 aromatic heterocycles. The smallest absolute Gasteiger partial charge is 0.282 e. The maximum Gasteiger partial charge on any atom is 0.282 e. The van der Waals surface area contributed by atoms with E-state index in [1.807, 2.05) is 0 Å². The minimum absolute atomic E-state index is 0. The van der Waals surface area contributed by atoms with Crippen molar-refractivity contribution in [3.8, 4) is 0 Å². The number of quaternary nitrogens is 2. The Kier molecular flexibility index (Phi) is 71.0. The van der Waals surface area contributed by atoms with Crippen molar-refractivity contribution in [1.29, 1.82) is 0 Å². The molecule has 0 aliphatic rings. The largest absolute Gasteiger partial charge is 1.00 e. The van der Waals surface area contributed by atoms with Gasteiger partial charge in [-0.2, -0.15) is 0 Å². The first kappa shape index (κ1) is 36.0. The fourth-order valence-electron chi connectivity index (χ4n) is 0. The molecule has 0 saturated heterocycles. The summed E-state index contributed by atoms with van der Waals surface area (Å²) in [6.07, 6.45) is 0. The third-order valence-electron chi connectivity index (χ3n) is 0. The van der Waals surface area contributed by atoms with Crippen molar-refractivity contribution in [1.82, 2.24) is 6.15 Å². The molecule has 0 rings (SSSR count). The van der Waals surface area contributed by atoms with E-state index in [1.165, 1.54) is 4.90 Å². The highest BCUT2D eigenvalue weighted by Gasteiger charge is 1.70. The van der Waals surface area contributed by atoms with Crippen molar-refractivity contribution in [3.63, 3.8) is 0 Å². The lowest BCUT2D eigenvalue weighted by Gasteiger charge is -1.88. The molecule has 5 N–H and O–H groups in total. The van der Waals surface area contributed by atoms with E-state index in [4.69, 9.17) is 20.6 Å². The number of rotatable bonds is 0. The standard InChI is InChI=1S/C3H9N.2ClH.2IO3.H3N/c1-4(2)3;;;2*2-1(3)4;/h1-3H3;2*1H;;;1H3/q;;;2*-1;. The summed E-state index contributed by atoms with van der Waals surface area (Å²) in [4.78, 5) is 1.42. The van der Waals surface area contributed by atoms with E-state index in [0.717, 1.165) is 0 Å². The Morgan fingerprint density at radius 2 is 0.667 bits per heavy atom. The van der Waals surface area contributed by atoms with Gasteiger partial charge in [0.15, 0.2) is 0 Å². The van der Waals surface area contributed by atoms with E-state index in [-0.39, 0.29) is 31.0 Å². The van der Waals surface area contributed by atoms with Gasteiger partial charge in [-0.15, -0.1) is 0 Å². The maximum absolute atomic E-state index is 8.57. The molecule has 0 radical (unpaired) electrons. The molecule has 0 aliphatic heterocycles. The lowest BCUT2D eigenvalue weighted by atomic mass is 11.0. The van der Waals surface area contributed by atoms with Gasteiger partial charge in [0.1, 0.15) is 0 Å². The summed E-state index contributed by atoms with van der Waals surface area (Å²) in [7, 11) is 6.25. The SMILES string of the molecule is C[NH+](C)C.[Cl-].[Cl-].[NH4+].[O-][I+2]([O-])[O-].[O-][I+2]([O-])[O-]. The second kappa shape index (κ2) is 29.6. The van der Waals surface area contributed by atoms with Crippen molar-refractivity contribution in [2.75, 3.05) is 21.1 Å². The third kappa shape index (κ3) is 1000. The molecule has 0 saturated carbocycles. The molecule has 0 atom stereocenters. The molecule has 12 heteroatoms. The van der Waals surface area contributed by atoms with Gasteiger partial charge < -0.3 is 56.5 Å². The molecule has 0 aromatic carbocycles. The van der Waals surface area contributed by atoms with Gasteiger partial charge >= 0.3 is 0 Å². The first-order valence-corrected chi connectivity index (χ1v) is 7.71. The van der Waals surface area contributed by atoms with Crippen LogP contribution in [0.1, 0.15) is 0 Å². The normalized spacial score (nSPS) is 7.20. The summed E-state index contributed by atoms with van der Waals surface area (Å²) in [5.41, 5.74) is 0. The summed E-state index contributed by atoms with van der Waals surface area (Å²) >= 11 is -8.03. The number of halogens is 4. The topological polar surface area (TPSA) is 179 Å². The van der Waals surface area contributed by atoms with Gasteiger partial charge in [0, 0.05) is 0 Å². The van der Waals surface area contributed by atoms with E-state index in [9.17, 15) is 0 Å². The van der Waals surface area contributed by atoms with E-state index in [2.05, 4.69) is 21.1 Å². The molecule has 0 aromatic rings. The van der Waals surface area contributed by atoms with E-state index in [1.54, 1.807) is 0 Å². The molecule has 0 heterocycles. The molecule has 8 nitrogen and oxygen atoms in total. The van der Waals surface area contributed by atoms with E-state index < -0.39 is 42.1 Å². The van der Waals surface area contributed by atoms with Crippen LogP contribution >= 0.6 is 0 Å². The molecule has 15 heavy (non-hydrogen) atoms. The molecule has 0 fully saturated rings. The predicted molar refractivity (Wildman–Crippen MR) is 24.7 cm³/mol. The van der Waals surface area contributed by atoms with Crippen molar-refractivity contribution in [2.45, 2.75) is 0 Å². The average molecular weight is 499 g/mol. The van der Waals surface area contributed by atoms with E-state index in [0.29, 0.717) is 0 Å². The van der Waals surface area contributed by atoms with Crippen LogP contribution in [0.4, 0.5) is 0 Å². The quantitative estimate of drug-likeness (QED) is 0.313. The van der Waals surface area contributed by atoms with Crippen LogP contribution < -0.4 is 98.6 Å². The van der Waals surface area contributed by atoms with Gasteiger partial charge in [-0.05, 0) is 0 Å². The van der Waals surface area contributed by atoms with Crippen LogP contribution in [0.5, 0.6) is 0 Å². The zero-order valence-electron chi connectivity index (χ0n) is 8.46. The Morgan fingerprint density at radius 3 is 0.667 bits per heavy atom. The van der Waals surface area contributed by atoms with Crippen molar-refractivity contribution in [2.24, 2.45) is 0 Å². The zero-order chi connectivity index (χ0) is 10.7. The fraction of sp³-hybridized carbons (Fsp3) is 1.00. The van der Waals surface area contributed by atoms with Gasteiger partial charge in [0.25, 0.3) is 42.1 Å². The Bertz CT molecular complexity index is 60.9. The first-order valence-electron chi connectivity index (χ1n) is 2.43. The highest BCUT2D eigenvalue weighted by atomic mass is 127. The summed E-state index contributed by atoms with van der Waals surface area (Å²) in [5, 5.41) is 0. The third-order valence-corrected chi connectivity index (χ3v) is 0. The van der Waals surface area contributed by atoms with Crippen LogP contribution in [0.25, 0.3) is 0 Å². The second-order valence-electron chi connectivity index (χ2n) is 1.88. The fourth-order valence-corrected chi connectivity index (χ4v) is 0. The van der Waals surface area contributed by atoms with Crippen LogP contribution in [-0.4, -0.2) is 21.1 Å². The molecule has 0 spiro atoms. The van der Waals surface area contributed by atoms with Crippen LogP contribution in [-0.2, 0) is 0 Å². The van der Waals surface area contributed by atoms with Gasteiger partial charge in [0.05, 0.1) is 21.1 Å². The minimum Gasteiger partial charge on any atom is -1.00 e. The number of nitrogens with one attached hydrogen (secondary N) is 1. The number of hydrogen-bond donors (Lipinski definition) is 2. The maximum atomic E-state index is 8.57. The highest BCUT2D eigenvalue weighted by molar-refractivity contribution is 3.59. The van der Waals surface area contributed by atoms with Crippen LogP contribution in [0.2, 0.25) is 0 Å².